The molecule has 0 saturated heterocycles. The second-order valence-electron chi connectivity index (χ2n) is 5.17. The van der Waals surface area contributed by atoms with Crippen LogP contribution in [0.5, 0.6) is 6.01 Å². The number of hydrogen-bond acceptors (Lipinski definition) is 6. The van der Waals surface area contributed by atoms with Crippen LogP contribution in [0, 0.1) is 0 Å². The van der Waals surface area contributed by atoms with Crippen molar-refractivity contribution >= 4 is 11.9 Å². The molecule has 0 aromatic carbocycles. The monoisotopic (exact) mass is 295 g/mol. The molecule has 0 aliphatic carbocycles. The minimum Gasteiger partial charge on any atom is -0.467 e. The summed E-state index contributed by atoms with van der Waals surface area (Å²) in [5.41, 5.74) is 0. The molecule has 2 N–H and O–H groups in total. The van der Waals surface area contributed by atoms with Crippen molar-refractivity contribution in [1.82, 2.24) is 15.0 Å². The fraction of sp³-hybridized carbons (Fsp3) is 0.800. The van der Waals surface area contributed by atoms with Gasteiger partial charge in [-0.25, -0.2) is 0 Å². The van der Waals surface area contributed by atoms with Crippen molar-refractivity contribution in [2.45, 2.75) is 65.3 Å². The summed E-state index contributed by atoms with van der Waals surface area (Å²) in [7, 11) is 1.57. The lowest BCUT2D eigenvalue weighted by atomic mass is 10.1. The summed E-state index contributed by atoms with van der Waals surface area (Å²) in [4.78, 5) is 12.9. The van der Waals surface area contributed by atoms with Gasteiger partial charge >= 0.3 is 6.01 Å². The van der Waals surface area contributed by atoms with Gasteiger partial charge in [0.05, 0.1) is 7.11 Å². The van der Waals surface area contributed by atoms with Crippen molar-refractivity contribution in [3.05, 3.63) is 0 Å². The van der Waals surface area contributed by atoms with E-state index in [-0.39, 0.29) is 0 Å². The Labute approximate surface area is 128 Å². The van der Waals surface area contributed by atoms with Crippen molar-refractivity contribution in [1.29, 1.82) is 0 Å². The van der Waals surface area contributed by atoms with Gasteiger partial charge in [-0.3, -0.25) is 0 Å². The smallest absolute Gasteiger partial charge is 0.322 e. The zero-order valence-corrected chi connectivity index (χ0v) is 13.8. The number of rotatable bonds is 11. The minimum absolute atomic E-state index is 0.344. The van der Waals surface area contributed by atoms with Crippen LogP contribution in [0.4, 0.5) is 11.9 Å². The predicted molar refractivity (Wildman–Crippen MR) is 87.0 cm³/mol. The molecular formula is C15H29N5O. The maximum absolute atomic E-state index is 5.16. The van der Waals surface area contributed by atoms with E-state index < -0.39 is 0 Å². The molecule has 1 atom stereocenters. The summed E-state index contributed by atoms with van der Waals surface area (Å²) >= 11 is 0. The molecule has 0 aliphatic rings. The van der Waals surface area contributed by atoms with Crippen molar-refractivity contribution in [3.63, 3.8) is 0 Å². The van der Waals surface area contributed by atoms with Gasteiger partial charge in [0.15, 0.2) is 0 Å². The summed E-state index contributed by atoms with van der Waals surface area (Å²) in [6.07, 6.45) is 6.82. The predicted octanol–water partition coefficient (Wildman–Crippen LogP) is 3.47. The molecule has 0 fully saturated rings. The summed E-state index contributed by atoms with van der Waals surface area (Å²) in [5.74, 6) is 1.16. The Balaban J connectivity index is 2.77. The van der Waals surface area contributed by atoms with Crippen LogP contribution >= 0.6 is 0 Å². The molecule has 21 heavy (non-hydrogen) atoms. The van der Waals surface area contributed by atoms with Gasteiger partial charge in [-0.15, -0.1) is 0 Å². The molecule has 1 rings (SSSR count). The van der Waals surface area contributed by atoms with E-state index in [0.717, 1.165) is 32.2 Å². The Kier molecular flexibility index (Phi) is 8.47. The topological polar surface area (TPSA) is 72.0 Å². The number of aromatic nitrogens is 3. The number of nitrogens with zero attached hydrogens (tertiary/aromatic N) is 3. The number of ether oxygens (including phenoxy) is 1. The summed E-state index contributed by atoms with van der Waals surface area (Å²) in [5, 5.41) is 6.60. The zero-order chi connectivity index (χ0) is 15.5. The second-order valence-corrected chi connectivity index (χ2v) is 5.17. The zero-order valence-electron chi connectivity index (χ0n) is 13.8. The molecule has 1 unspecified atom stereocenters. The Hall–Kier alpha value is -1.59. The van der Waals surface area contributed by atoms with Crippen LogP contribution in [-0.4, -0.2) is 34.6 Å². The molecule has 120 valence electrons. The Bertz CT molecular complexity index is 400. The van der Waals surface area contributed by atoms with Crippen molar-refractivity contribution < 1.29 is 4.74 Å². The van der Waals surface area contributed by atoms with Crippen LogP contribution in [0.15, 0.2) is 0 Å². The molecule has 0 aliphatic heterocycles. The van der Waals surface area contributed by atoms with E-state index in [0.29, 0.717) is 23.9 Å². The van der Waals surface area contributed by atoms with Crippen LogP contribution in [0.3, 0.4) is 0 Å². The van der Waals surface area contributed by atoms with E-state index in [2.05, 4.69) is 46.4 Å². The molecule has 1 aromatic rings. The van der Waals surface area contributed by atoms with Crippen LogP contribution in [0.25, 0.3) is 0 Å². The molecule has 0 bridgehead atoms. The fourth-order valence-corrected chi connectivity index (χ4v) is 2.10. The van der Waals surface area contributed by atoms with E-state index in [9.17, 15) is 0 Å². The molecule has 6 nitrogen and oxygen atoms in total. The van der Waals surface area contributed by atoms with E-state index in [1.165, 1.54) is 12.8 Å². The summed E-state index contributed by atoms with van der Waals surface area (Å²) < 4.78 is 5.16. The Morgan fingerprint density at radius 2 is 1.71 bits per heavy atom. The van der Waals surface area contributed by atoms with Gasteiger partial charge in [-0.05, 0) is 19.3 Å². The maximum atomic E-state index is 5.16. The summed E-state index contributed by atoms with van der Waals surface area (Å²) in [6, 6.07) is 0.748. The molecular weight excluding hydrogens is 266 g/mol. The van der Waals surface area contributed by atoms with Gasteiger partial charge in [0, 0.05) is 12.6 Å². The third-order valence-electron chi connectivity index (χ3n) is 3.21. The van der Waals surface area contributed by atoms with Gasteiger partial charge in [0.2, 0.25) is 11.9 Å². The molecule has 0 radical (unpaired) electrons. The standard InChI is InChI=1S/C15H29N5O/c1-5-8-10-12(9-6-2)17-14-18-13(16-11-7-3)19-15(20-14)21-4/h12H,5-11H2,1-4H3,(H2,16,17,18,19,20). The van der Waals surface area contributed by atoms with Gasteiger partial charge < -0.3 is 15.4 Å². The highest BCUT2D eigenvalue weighted by Gasteiger charge is 2.12. The number of anilines is 2. The second kappa shape index (κ2) is 10.2. The Morgan fingerprint density at radius 1 is 0.952 bits per heavy atom. The molecule has 0 saturated carbocycles. The summed E-state index contributed by atoms with van der Waals surface area (Å²) in [6.45, 7) is 7.35. The van der Waals surface area contributed by atoms with Crippen LogP contribution in [0.1, 0.15) is 59.3 Å². The third-order valence-corrected chi connectivity index (χ3v) is 3.21. The SMILES string of the molecule is CCCCC(CCC)Nc1nc(NCCC)nc(OC)n1. The van der Waals surface area contributed by atoms with E-state index in [4.69, 9.17) is 4.74 Å². The quantitative estimate of drug-likeness (QED) is 0.651. The molecule has 1 heterocycles. The van der Waals surface area contributed by atoms with Gasteiger partial charge in [-0.1, -0.05) is 40.0 Å². The van der Waals surface area contributed by atoms with Crippen molar-refractivity contribution in [3.8, 4) is 6.01 Å². The Morgan fingerprint density at radius 3 is 2.33 bits per heavy atom. The van der Waals surface area contributed by atoms with Crippen LogP contribution in [0.2, 0.25) is 0 Å². The average Bonchev–Trinajstić information content (AvgIpc) is 2.50. The molecule has 6 heteroatoms. The number of unbranched alkanes of at least 4 members (excludes halogenated alkanes) is 1. The van der Waals surface area contributed by atoms with E-state index in [1.807, 2.05) is 0 Å². The molecule has 1 aromatic heterocycles. The normalized spacial score (nSPS) is 12.0. The first kappa shape index (κ1) is 17.5. The van der Waals surface area contributed by atoms with Crippen LogP contribution in [-0.2, 0) is 0 Å². The number of methoxy groups -OCH3 is 1. The van der Waals surface area contributed by atoms with Crippen molar-refractivity contribution in [2.75, 3.05) is 24.3 Å². The minimum atomic E-state index is 0.344. The lowest BCUT2D eigenvalue weighted by molar-refractivity contribution is 0.379. The van der Waals surface area contributed by atoms with Gasteiger partial charge in [-0.2, -0.15) is 15.0 Å². The van der Waals surface area contributed by atoms with E-state index >= 15 is 0 Å². The first-order valence-electron chi connectivity index (χ1n) is 8.03. The maximum Gasteiger partial charge on any atom is 0.322 e. The lowest BCUT2D eigenvalue weighted by Crippen LogP contribution is -2.21. The van der Waals surface area contributed by atoms with Gasteiger partial charge in [0.25, 0.3) is 0 Å². The van der Waals surface area contributed by atoms with Gasteiger partial charge in [0.1, 0.15) is 0 Å². The van der Waals surface area contributed by atoms with Crippen LogP contribution < -0.4 is 15.4 Å². The van der Waals surface area contributed by atoms with Crippen molar-refractivity contribution in [2.24, 2.45) is 0 Å². The number of hydrogen-bond donors (Lipinski definition) is 2. The lowest BCUT2D eigenvalue weighted by Gasteiger charge is -2.18. The molecule has 0 amide bonds. The number of nitrogens with one attached hydrogen (secondary N) is 2. The largest absolute Gasteiger partial charge is 0.467 e. The first-order chi connectivity index (χ1) is 10.2. The third kappa shape index (κ3) is 6.60. The highest BCUT2D eigenvalue weighted by molar-refractivity contribution is 5.36. The van der Waals surface area contributed by atoms with E-state index in [1.54, 1.807) is 7.11 Å². The molecule has 0 spiro atoms. The highest BCUT2D eigenvalue weighted by atomic mass is 16.5. The fourth-order valence-electron chi connectivity index (χ4n) is 2.10. The highest BCUT2D eigenvalue weighted by Crippen LogP contribution is 2.15. The first-order valence-corrected chi connectivity index (χ1v) is 8.03. The average molecular weight is 295 g/mol.